The molecular weight excluding hydrogens is 374 g/mol. The van der Waals surface area contributed by atoms with Crippen LogP contribution in [0.2, 0.25) is 0 Å². The number of aromatic nitrogens is 2. The standard InChI is InChI=1S/C25H27N3O2/c1-17-26-12-15-27(17)14-11-23(29)28-13-3-5-20(16-28)25(30)22-10-9-19-8-7-18-4-2-6-21(22)24(18)19/h2,4,6,9-10,12,15,20H,3,5,7-8,11,13-14,16H2,1H3/t20-/m0/s1. The topological polar surface area (TPSA) is 55.2 Å². The summed E-state index contributed by atoms with van der Waals surface area (Å²) in [6.07, 6.45) is 7.96. The van der Waals surface area contributed by atoms with Gasteiger partial charge in [-0.3, -0.25) is 9.59 Å². The molecule has 2 aromatic carbocycles. The summed E-state index contributed by atoms with van der Waals surface area (Å²) >= 11 is 0. The van der Waals surface area contributed by atoms with Gasteiger partial charge < -0.3 is 9.47 Å². The third kappa shape index (κ3) is 3.32. The number of likely N-dealkylation sites (tertiary alicyclic amines) is 1. The van der Waals surface area contributed by atoms with Crippen LogP contribution in [0.1, 0.15) is 46.6 Å². The molecule has 1 aliphatic heterocycles. The number of hydrogen-bond acceptors (Lipinski definition) is 3. The third-order valence-corrected chi connectivity index (χ3v) is 6.78. The Morgan fingerprint density at radius 2 is 1.97 bits per heavy atom. The number of aryl methyl sites for hydroxylation is 4. The lowest BCUT2D eigenvalue weighted by Gasteiger charge is -2.32. The summed E-state index contributed by atoms with van der Waals surface area (Å²) in [7, 11) is 0. The van der Waals surface area contributed by atoms with Crippen molar-refractivity contribution in [2.24, 2.45) is 5.92 Å². The molecule has 1 aromatic heterocycles. The van der Waals surface area contributed by atoms with Crippen LogP contribution in [0, 0.1) is 12.8 Å². The summed E-state index contributed by atoms with van der Waals surface area (Å²) in [5.74, 6) is 1.12. The number of Topliss-reactive ketones (excluding diaryl/α,β-unsaturated/α-hetero) is 1. The summed E-state index contributed by atoms with van der Waals surface area (Å²) in [6, 6.07) is 10.5. The summed E-state index contributed by atoms with van der Waals surface area (Å²) in [5.41, 5.74) is 3.53. The van der Waals surface area contributed by atoms with E-state index in [9.17, 15) is 9.59 Å². The SMILES string of the molecule is Cc1nccn1CCC(=O)N1CCC[C@H](C(=O)c2ccc3c4c(cccc24)CC3)C1. The molecule has 1 amide bonds. The number of rotatable bonds is 5. The number of hydrogen-bond donors (Lipinski definition) is 0. The van der Waals surface area contributed by atoms with Crippen molar-refractivity contribution in [3.63, 3.8) is 0 Å². The van der Waals surface area contributed by atoms with Gasteiger partial charge in [0.25, 0.3) is 0 Å². The zero-order chi connectivity index (χ0) is 20.7. The Labute approximate surface area is 176 Å². The highest BCUT2D eigenvalue weighted by Crippen LogP contribution is 2.34. The Morgan fingerprint density at radius 3 is 2.77 bits per heavy atom. The molecule has 0 unspecified atom stereocenters. The van der Waals surface area contributed by atoms with Crippen molar-refractivity contribution in [2.75, 3.05) is 13.1 Å². The molecule has 0 saturated carbocycles. The number of amides is 1. The van der Waals surface area contributed by atoms with Gasteiger partial charge in [0.05, 0.1) is 0 Å². The average molecular weight is 402 g/mol. The van der Waals surface area contributed by atoms with E-state index in [0.717, 1.165) is 49.0 Å². The largest absolute Gasteiger partial charge is 0.342 e. The van der Waals surface area contributed by atoms with Crippen LogP contribution >= 0.6 is 0 Å². The van der Waals surface area contributed by atoms with E-state index in [1.54, 1.807) is 6.20 Å². The number of imidazole rings is 1. The Kier molecular flexibility index (Phi) is 4.89. The molecule has 5 rings (SSSR count). The molecule has 3 aromatic rings. The normalized spacial score (nSPS) is 18.2. The van der Waals surface area contributed by atoms with E-state index in [1.165, 1.54) is 16.5 Å². The lowest BCUT2D eigenvalue weighted by molar-refractivity contribution is -0.132. The minimum atomic E-state index is -0.115. The van der Waals surface area contributed by atoms with Crippen molar-refractivity contribution in [3.8, 4) is 0 Å². The second kappa shape index (κ2) is 7.71. The van der Waals surface area contributed by atoms with Crippen LogP contribution in [0.4, 0.5) is 0 Å². The van der Waals surface area contributed by atoms with E-state index >= 15 is 0 Å². The molecule has 0 radical (unpaired) electrons. The maximum atomic E-state index is 13.5. The molecule has 1 saturated heterocycles. The van der Waals surface area contributed by atoms with Crippen molar-refractivity contribution in [1.82, 2.24) is 14.5 Å². The van der Waals surface area contributed by atoms with E-state index in [2.05, 4.69) is 29.2 Å². The van der Waals surface area contributed by atoms with E-state index in [1.807, 2.05) is 28.7 Å². The fraction of sp³-hybridized carbons (Fsp3) is 0.400. The quantitative estimate of drug-likeness (QED) is 0.608. The number of ketones is 1. The monoisotopic (exact) mass is 401 g/mol. The number of benzene rings is 2. The predicted octanol–water partition coefficient (Wildman–Crippen LogP) is 3.95. The van der Waals surface area contributed by atoms with Crippen LogP contribution in [0.15, 0.2) is 42.7 Å². The average Bonchev–Trinajstić information content (AvgIpc) is 3.39. The molecule has 30 heavy (non-hydrogen) atoms. The molecule has 0 N–H and O–H groups in total. The molecule has 5 heteroatoms. The van der Waals surface area contributed by atoms with Gasteiger partial charge in [0.15, 0.2) is 5.78 Å². The first-order valence-electron chi connectivity index (χ1n) is 10.9. The summed E-state index contributed by atoms with van der Waals surface area (Å²) in [4.78, 5) is 32.4. The minimum absolute atomic E-state index is 0.115. The highest BCUT2D eigenvalue weighted by molar-refractivity contribution is 6.11. The Hall–Kier alpha value is -2.95. The van der Waals surface area contributed by atoms with Crippen molar-refractivity contribution >= 4 is 22.5 Å². The summed E-state index contributed by atoms with van der Waals surface area (Å²) < 4.78 is 2.00. The van der Waals surface area contributed by atoms with Crippen LogP contribution in [0.5, 0.6) is 0 Å². The first kappa shape index (κ1) is 19.0. The second-order valence-corrected chi connectivity index (χ2v) is 8.57. The maximum Gasteiger partial charge on any atom is 0.224 e. The Balaban J connectivity index is 1.32. The number of nitrogens with zero attached hydrogens (tertiary/aromatic N) is 3. The van der Waals surface area contributed by atoms with Crippen LogP contribution in [0.25, 0.3) is 10.8 Å². The second-order valence-electron chi connectivity index (χ2n) is 8.57. The summed E-state index contributed by atoms with van der Waals surface area (Å²) in [5, 5.41) is 2.37. The van der Waals surface area contributed by atoms with Crippen molar-refractivity contribution in [1.29, 1.82) is 0 Å². The summed E-state index contributed by atoms with van der Waals surface area (Å²) in [6.45, 7) is 3.85. The van der Waals surface area contributed by atoms with Crippen molar-refractivity contribution < 1.29 is 9.59 Å². The van der Waals surface area contributed by atoms with Gasteiger partial charge >= 0.3 is 0 Å². The smallest absolute Gasteiger partial charge is 0.224 e. The van der Waals surface area contributed by atoms with Gasteiger partial charge in [0, 0.05) is 49.9 Å². The van der Waals surface area contributed by atoms with Crippen molar-refractivity contribution in [3.05, 3.63) is 65.2 Å². The minimum Gasteiger partial charge on any atom is -0.342 e. The van der Waals surface area contributed by atoms with Crippen LogP contribution < -0.4 is 0 Å². The lowest BCUT2D eigenvalue weighted by Crippen LogP contribution is -2.42. The molecule has 2 heterocycles. The molecular formula is C25H27N3O2. The zero-order valence-electron chi connectivity index (χ0n) is 17.4. The van der Waals surface area contributed by atoms with E-state index in [-0.39, 0.29) is 17.6 Å². The first-order chi connectivity index (χ1) is 14.6. The van der Waals surface area contributed by atoms with Gasteiger partial charge in [0.2, 0.25) is 5.91 Å². The molecule has 0 spiro atoms. The maximum absolute atomic E-state index is 13.5. The predicted molar refractivity (Wildman–Crippen MR) is 117 cm³/mol. The van der Waals surface area contributed by atoms with E-state index < -0.39 is 0 Å². The van der Waals surface area contributed by atoms with Crippen LogP contribution in [-0.2, 0) is 24.2 Å². The fourth-order valence-electron chi connectivity index (χ4n) is 5.11. The number of piperidine rings is 1. The highest BCUT2D eigenvalue weighted by atomic mass is 16.2. The fourth-order valence-corrected chi connectivity index (χ4v) is 5.11. The van der Waals surface area contributed by atoms with Gasteiger partial charge in [-0.1, -0.05) is 30.3 Å². The van der Waals surface area contributed by atoms with Gasteiger partial charge in [-0.05, 0) is 54.5 Å². The molecule has 1 fully saturated rings. The first-order valence-corrected chi connectivity index (χ1v) is 10.9. The van der Waals surface area contributed by atoms with E-state index in [4.69, 9.17) is 0 Å². The molecule has 2 aliphatic rings. The number of carbonyl (C=O) groups is 2. The Bertz CT molecular complexity index is 1120. The van der Waals surface area contributed by atoms with Gasteiger partial charge in [-0.25, -0.2) is 4.98 Å². The van der Waals surface area contributed by atoms with Crippen LogP contribution in [-0.4, -0.2) is 39.2 Å². The molecule has 0 bridgehead atoms. The van der Waals surface area contributed by atoms with Gasteiger partial charge in [0.1, 0.15) is 5.82 Å². The van der Waals surface area contributed by atoms with Crippen LogP contribution in [0.3, 0.4) is 0 Å². The molecule has 154 valence electrons. The molecule has 1 atom stereocenters. The molecule has 1 aliphatic carbocycles. The molecule has 5 nitrogen and oxygen atoms in total. The van der Waals surface area contributed by atoms with Crippen molar-refractivity contribution in [2.45, 2.75) is 45.6 Å². The Morgan fingerprint density at radius 1 is 1.13 bits per heavy atom. The zero-order valence-corrected chi connectivity index (χ0v) is 17.4. The third-order valence-electron chi connectivity index (χ3n) is 6.78. The highest BCUT2D eigenvalue weighted by Gasteiger charge is 2.30. The number of carbonyl (C=O) groups excluding carboxylic acids is 2. The lowest BCUT2D eigenvalue weighted by atomic mass is 9.87. The van der Waals surface area contributed by atoms with Gasteiger partial charge in [-0.15, -0.1) is 0 Å². The van der Waals surface area contributed by atoms with E-state index in [0.29, 0.717) is 19.5 Å². The van der Waals surface area contributed by atoms with Gasteiger partial charge in [-0.2, -0.15) is 0 Å².